The van der Waals surface area contributed by atoms with Crippen LogP contribution < -0.4 is 11.3 Å². The first kappa shape index (κ1) is 10.2. The second-order valence-electron chi connectivity index (χ2n) is 3.56. The van der Waals surface area contributed by atoms with Gasteiger partial charge in [0.25, 0.3) is 5.56 Å². The van der Waals surface area contributed by atoms with Crippen molar-refractivity contribution in [1.29, 1.82) is 0 Å². The standard InChI is InChI=1S/C11H11BrN2O/c1-6-10(13)8-4-3-7(12)5-9(8)14(2)11(6)15/h3-5H,13H2,1-2H3. The van der Waals surface area contributed by atoms with Crippen molar-refractivity contribution in [2.24, 2.45) is 7.05 Å². The maximum absolute atomic E-state index is 11.8. The number of hydrogen-bond acceptors (Lipinski definition) is 2. The third-order valence-electron chi connectivity index (χ3n) is 2.64. The number of nitrogen functional groups attached to an aromatic ring is 1. The van der Waals surface area contributed by atoms with Crippen LogP contribution in [0, 0.1) is 6.92 Å². The zero-order chi connectivity index (χ0) is 11.2. The highest BCUT2D eigenvalue weighted by Gasteiger charge is 2.08. The molecule has 2 aromatic rings. The Bertz CT molecular complexity index is 602. The molecule has 3 nitrogen and oxygen atoms in total. The van der Waals surface area contributed by atoms with E-state index in [1.807, 2.05) is 18.2 Å². The van der Waals surface area contributed by atoms with Gasteiger partial charge in [-0.1, -0.05) is 15.9 Å². The van der Waals surface area contributed by atoms with E-state index in [1.54, 1.807) is 18.5 Å². The van der Waals surface area contributed by atoms with Gasteiger partial charge in [-0.2, -0.15) is 0 Å². The molecular weight excluding hydrogens is 256 g/mol. The highest BCUT2D eigenvalue weighted by Crippen LogP contribution is 2.24. The molecule has 0 spiro atoms. The van der Waals surface area contributed by atoms with Crippen molar-refractivity contribution >= 4 is 32.5 Å². The number of fused-ring (bicyclic) bond motifs is 1. The predicted molar refractivity (Wildman–Crippen MR) is 66.0 cm³/mol. The Kier molecular flexibility index (Phi) is 2.31. The molecule has 0 fully saturated rings. The van der Waals surface area contributed by atoms with Crippen LogP contribution in [0.3, 0.4) is 0 Å². The number of anilines is 1. The number of pyridine rings is 1. The molecule has 0 atom stereocenters. The van der Waals surface area contributed by atoms with Gasteiger partial charge >= 0.3 is 0 Å². The largest absolute Gasteiger partial charge is 0.398 e. The summed E-state index contributed by atoms with van der Waals surface area (Å²) in [5.74, 6) is 0. The van der Waals surface area contributed by atoms with E-state index in [1.165, 1.54) is 0 Å². The number of nitrogens with zero attached hydrogens (tertiary/aromatic N) is 1. The van der Waals surface area contributed by atoms with Gasteiger partial charge in [0, 0.05) is 28.2 Å². The molecule has 1 aromatic heterocycles. The summed E-state index contributed by atoms with van der Waals surface area (Å²) in [6.07, 6.45) is 0. The summed E-state index contributed by atoms with van der Waals surface area (Å²) in [4.78, 5) is 11.8. The summed E-state index contributed by atoms with van der Waals surface area (Å²) in [6.45, 7) is 1.75. The van der Waals surface area contributed by atoms with E-state index in [9.17, 15) is 4.79 Å². The summed E-state index contributed by atoms with van der Waals surface area (Å²) in [5, 5.41) is 0.915. The van der Waals surface area contributed by atoms with Gasteiger partial charge in [-0.25, -0.2) is 0 Å². The van der Waals surface area contributed by atoms with Crippen molar-refractivity contribution in [3.8, 4) is 0 Å². The molecule has 15 heavy (non-hydrogen) atoms. The molecule has 0 bridgehead atoms. The van der Waals surface area contributed by atoms with Crippen molar-refractivity contribution in [2.45, 2.75) is 6.92 Å². The summed E-state index contributed by atoms with van der Waals surface area (Å²) >= 11 is 3.38. The van der Waals surface area contributed by atoms with Gasteiger partial charge in [-0.05, 0) is 25.1 Å². The Labute approximate surface area is 95.6 Å². The van der Waals surface area contributed by atoms with Crippen LogP contribution in [-0.4, -0.2) is 4.57 Å². The lowest BCUT2D eigenvalue weighted by molar-refractivity contribution is 0.894. The van der Waals surface area contributed by atoms with Crippen LogP contribution in [0.15, 0.2) is 27.5 Å². The smallest absolute Gasteiger partial charge is 0.255 e. The molecule has 1 heterocycles. The third kappa shape index (κ3) is 1.45. The highest BCUT2D eigenvalue weighted by atomic mass is 79.9. The number of hydrogen-bond donors (Lipinski definition) is 1. The first-order chi connectivity index (χ1) is 7.02. The second kappa shape index (κ2) is 3.38. The molecular formula is C11H11BrN2O. The fourth-order valence-electron chi connectivity index (χ4n) is 1.69. The van der Waals surface area contributed by atoms with Crippen molar-refractivity contribution < 1.29 is 0 Å². The predicted octanol–water partition coefficient (Wildman–Crippen LogP) is 2.19. The summed E-state index contributed by atoms with van der Waals surface area (Å²) < 4.78 is 2.56. The molecule has 0 saturated heterocycles. The number of aryl methyl sites for hydroxylation is 1. The van der Waals surface area contributed by atoms with E-state index < -0.39 is 0 Å². The van der Waals surface area contributed by atoms with Crippen LogP contribution in [0.1, 0.15) is 5.56 Å². The summed E-state index contributed by atoms with van der Waals surface area (Å²) in [7, 11) is 1.75. The lowest BCUT2D eigenvalue weighted by Gasteiger charge is -2.10. The van der Waals surface area contributed by atoms with E-state index in [2.05, 4.69) is 15.9 Å². The van der Waals surface area contributed by atoms with Gasteiger partial charge in [0.2, 0.25) is 0 Å². The molecule has 0 unspecified atom stereocenters. The molecule has 0 radical (unpaired) electrons. The first-order valence-corrected chi connectivity index (χ1v) is 5.36. The molecule has 78 valence electrons. The Hall–Kier alpha value is -1.29. The maximum atomic E-state index is 11.8. The molecule has 2 rings (SSSR count). The minimum Gasteiger partial charge on any atom is -0.398 e. The fraction of sp³-hybridized carbons (Fsp3) is 0.182. The zero-order valence-electron chi connectivity index (χ0n) is 8.54. The number of aromatic nitrogens is 1. The van der Waals surface area contributed by atoms with Gasteiger partial charge < -0.3 is 10.3 Å². The SMILES string of the molecule is Cc1c(N)c2ccc(Br)cc2n(C)c1=O. The summed E-state index contributed by atoms with van der Waals surface area (Å²) in [6, 6.07) is 5.73. The average molecular weight is 267 g/mol. The van der Waals surface area contributed by atoms with Crippen molar-refractivity contribution in [3.63, 3.8) is 0 Å². The summed E-state index contributed by atoms with van der Waals surface area (Å²) in [5.41, 5.74) is 7.88. The third-order valence-corrected chi connectivity index (χ3v) is 3.13. The minimum absolute atomic E-state index is 0.0434. The van der Waals surface area contributed by atoms with E-state index >= 15 is 0 Å². The lowest BCUT2D eigenvalue weighted by Crippen LogP contribution is -2.21. The lowest BCUT2D eigenvalue weighted by atomic mass is 10.1. The number of benzene rings is 1. The van der Waals surface area contributed by atoms with Gasteiger partial charge in [0.15, 0.2) is 0 Å². The van der Waals surface area contributed by atoms with Gasteiger partial charge in [0.1, 0.15) is 0 Å². The van der Waals surface area contributed by atoms with E-state index in [0.29, 0.717) is 11.3 Å². The molecule has 0 saturated carbocycles. The van der Waals surface area contributed by atoms with E-state index in [4.69, 9.17) is 5.73 Å². The quantitative estimate of drug-likeness (QED) is 0.795. The Morgan fingerprint density at radius 1 is 1.40 bits per heavy atom. The van der Waals surface area contributed by atoms with Gasteiger partial charge in [-0.3, -0.25) is 4.79 Å². The van der Waals surface area contributed by atoms with Crippen LogP contribution in [0.5, 0.6) is 0 Å². The Morgan fingerprint density at radius 2 is 2.07 bits per heavy atom. The average Bonchev–Trinajstić information content (AvgIpc) is 2.23. The molecule has 0 aliphatic heterocycles. The van der Waals surface area contributed by atoms with Crippen molar-refractivity contribution in [1.82, 2.24) is 4.57 Å². The number of rotatable bonds is 0. The van der Waals surface area contributed by atoms with Gasteiger partial charge in [-0.15, -0.1) is 0 Å². The number of halogens is 1. The molecule has 2 N–H and O–H groups in total. The van der Waals surface area contributed by atoms with Crippen LogP contribution in [-0.2, 0) is 7.05 Å². The van der Waals surface area contributed by atoms with Crippen LogP contribution in [0.4, 0.5) is 5.69 Å². The van der Waals surface area contributed by atoms with Crippen molar-refractivity contribution in [3.05, 3.63) is 38.6 Å². The molecule has 0 aliphatic carbocycles. The fourth-order valence-corrected chi connectivity index (χ4v) is 2.04. The van der Waals surface area contributed by atoms with Crippen molar-refractivity contribution in [2.75, 3.05) is 5.73 Å². The van der Waals surface area contributed by atoms with Gasteiger partial charge in [0.05, 0.1) is 5.52 Å². The van der Waals surface area contributed by atoms with E-state index in [0.717, 1.165) is 15.4 Å². The van der Waals surface area contributed by atoms with Crippen LogP contribution in [0.25, 0.3) is 10.9 Å². The Morgan fingerprint density at radius 3 is 2.73 bits per heavy atom. The first-order valence-electron chi connectivity index (χ1n) is 4.56. The topological polar surface area (TPSA) is 48.0 Å². The molecule has 4 heteroatoms. The Balaban J connectivity index is 3.07. The maximum Gasteiger partial charge on any atom is 0.255 e. The van der Waals surface area contributed by atoms with Crippen LogP contribution >= 0.6 is 15.9 Å². The molecule has 0 aliphatic rings. The number of nitrogens with two attached hydrogens (primary N) is 1. The molecule has 0 amide bonds. The zero-order valence-corrected chi connectivity index (χ0v) is 10.1. The normalized spacial score (nSPS) is 10.9. The van der Waals surface area contributed by atoms with E-state index in [-0.39, 0.29) is 5.56 Å². The van der Waals surface area contributed by atoms with Crippen LogP contribution in [0.2, 0.25) is 0 Å². The second-order valence-corrected chi connectivity index (χ2v) is 4.48. The molecule has 1 aromatic carbocycles. The monoisotopic (exact) mass is 266 g/mol. The highest BCUT2D eigenvalue weighted by molar-refractivity contribution is 9.10. The minimum atomic E-state index is -0.0434.